The lowest BCUT2D eigenvalue weighted by Crippen LogP contribution is -2.40. The van der Waals surface area contributed by atoms with Gasteiger partial charge >= 0.3 is 6.18 Å². The average Bonchev–Trinajstić information content (AvgIpc) is 2.81. The van der Waals surface area contributed by atoms with E-state index in [1.54, 1.807) is 0 Å². The van der Waals surface area contributed by atoms with Crippen LogP contribution >= 0.6 is 11.6 Å². The number of ether oxygens (including phenoxy) is 2. The molecule has 1 fully saturated rings. The van der Waals surface area contributed by atoms with Crippen LogP contribution in [-0.4, -0.2) is 40.2 Å². The van der Waals surface area contributed by atoms with Crippen molar-refractivity contribution in [1.29, 1.82) is 0 Å². The Labute approximate surface area is 196 Å². The average molecular weight is 499 g/mol. The van der Waals surface area contributed by atoms with E-state index in [9.17, 15) is 22.4 Å². The molecule has 0 amide bonds. The fraction of sp³-hybridized carbons (Fsp3) is 0.318. The highest BCUT2D eigenvalue weighted by Crippen LogP contribution is 2.31. The van der Waals surface area contributed by atoms with Crippen LogP contribution in [0.5, 0.6) is 11.6 Å². The molecule has 12 heteroatoms. The molecule has 2 aromatic heterocycles. The molecule has 1 saturated heterocycles. The van der Waals surface area contributed by atoms with Crippen LogP contribution in [0, 0.1) is 0 Å². The number of anilines is 1. The number of aromatic nitrogens is 3. The molecule has 0 aliphatic carbocycles. The zero-order valence-electron chi connectivity index (χ0n) is 17.6. The summed E-state index contributed by atoms with van der Waals surface area (Å²) in [6.45, 7) is 0.413. The number of hydrogen-bond donors (Lipinski definition) is 1. The third-order valence-electron chi connectivity index (χ3n) is 5.16. The maximum absolute atomic E-state index is 14.7. The predicted octanol–water partition coefficient (Wildman–Crippen LogP) is 5.02. The SMILES string of the molecule is O=c1c(Cl)c(NC[C@@]2(F)CCCOC2)cnn1-c1ccc(Oc2ccc(C(F)(F)F)cc2)nc1. The van der Waals surface area contributed by atoms with E-state index < -0.39 is 23.0 Å². The highest BCUT2D eigenvalue weighted by molar-refractivity contribution is 6.32. The van der Waals surface area contributed by atoms with Gasteiger partial charge in [0.25, 0.3) is 5.56 Å². The molecule has 0 spiro atoms. The molecule has 0 bridgehead atoms. The third-order valence-corrected chi connectivity index (χ3v) is 5.52. The van der Waals surface area contributed by atoms with Crippen molar-refractivity contribution in [3.63, 3.8) is 0 Å². The van der Waals surface area contributed by atoms with E-state index in [4.69, 9.17) is 21.1 Å². The summed E-state index contributed by atoms with van der Waals surface area (Å²) in [5, 5.41) is 6.72. The zero-order valence-corrected chi connectivity index (χ0v) is 18.4. The monoisotopic (exact) mass is 498 g/mol. The standard InChI is InChI=1S/C22H19ClF4N4O3/c23-19-17(29-12-21(24)8-1-9-33-13-21)11-30-31(20(19)32)15-4-7-18(28-10-15)34-16-5-2-14(3-6-16)22(25,26)27/h2-7,10-11,29H,1,8-9,12-13H2/t21-/m0/s1. The highest BCUT2D eigenvalue weighted by Gasteiger charge is 2.33. The number of hydrogen-bond acceptors (Lipinski definition) is 6. The molecule has 1 aromatic carbocycles. The minimum absolute atomic E-state index is 0.0331. The van der Waals surface area contributed by atoms with E-state index in [0.717, 1.165) is 16.8 Å². The maximum Gasteiger partial charge on any atom is 0.416 e. The van der Waals surface area contributed by atoms with Gasteiger partial charge in [-0.05, 0) is 43.2 Å². The first-order chi connectivity index (χ1) is 16.1. The molecular weight excluding hydrogens is 480 g/mol. The van der Waals surface area contributed by atoms with E-state index in [2.05, 4.69) is 15.4 Å². The van der Waals surface area contributed by atoms with Crippen LogP contribution in [0.2, 0.25) is 5.02 Å². The van der Waals surface area contributed by atoms with Gasteiger partial charge in [-0.15, -0.1) is 0 Å². The molecule has 0 radical (unpaired) electrons. The summed E-state index contributed by atoms with van der Waals surface area (Å²) in [5.41, 5.74) is -2.51. The van der Waals surface area contributed by atoms with E-state index >= 15 is 0 Å². The Balaban J connectivity index is 1.45. The number of nitrogens with one attached hydrogen (secondary N) is 1. The van der Waals surface area contributed by atoms with Gasteiger partial charge in [-0.2, -0.15) is 23.0 Å². The van der Waals surface area contributed by atoms with Gasteiger partial charge in [-0.1, -0.05) is 11.6 Å². The molecule has 3 aromatic rings. The highest BCUT2D eigenvalue weighted by atomic mass is 35.5. The van der Waals surface area contributed by atoms with Crippen LogP contribution in [0.1, 0.15) is 18.4 Å². The van der Waals surface area contributed by atoms with Gasteiger partial charge in [0.05, 0.1) is 42.5 Å². The van der Waals surface area contributed by atoms with Gasteiger partial charge < -0.3 is 14.8 Å². The lowest BCUT2D eigenvalue weighted by atomic mass is 9.99. The van der Waals surface area contributed by atoms with Crippen LogP contribution in [0.3, 0.4) is 0 Å². The fourth-order valence-electron chi connectivity index (χ4n) is 3.34. The Morgan fingerprint density at radius 3 is 2.56 bits per heavy atom. The number of benzene rings is 1. The van der Waals surface area contributed by atoms with Gasteiger partial charge in [0, 0.05) is 12.7 Å². The summed E-state index contributed by atoms with van der Waals surface area (Å²) in [6, 6.07) is 7.07. The van der Waals surface area contributed by atoms with Gasteiger partial charge in [0.1, 0.15) is 10.8 Å². The summed E-state index contributed by atoms with van der Waals surface area (Å²) in [4.78, 5) is 16.7. The van der Waals surface area contributed by atoms with Crippen molar-refractivity contribution in [3.05, 3.63) is 69.7 Å². The second-order valence-electron chi connectivity index (χ2n) is 7.73. The van der Waals surface area contributed by atoms with Crippen molar-refractivity contribution < 1.29 is 27.0 Å². The second-order valence-corrected chi connectivity index (χ2v) is 8.11. The van der Waals surface area contributed by atoms with E-state index in [-0.39, 0.29) is 41.2 Å². The first-order valence-electron chi connectivity index (χ1n) is 10.2. The van der Waals surface area contributed by atoms with Gasteiger partial charge in [-0.3, -0.25) is 4.79 Å². The second kappa shape index (κ2) is 9.59. The van der Waals surface area contributed by atoms with Crippen LogP contribution in [0.25, 0.3) is 5.69 Å². The molecule has 4 rings (SSSR count). The normalized spacial score (nSPS) is 18.5. The molecular formula is C22H19ClF4N4O3. The molecule has 1 aliphatic rings. The van der Waals surface area contributed by atoms with Gasteiger partial charge in [-0.25, -0.2) is 9.37 Å². The van der Waals surface area contributed by atoms with Crippen LogP contribution in [-0.2, 0) is 10.9 Å². The van der Waals surface area contributed by atoms with Crippen LogP contribution in [0.4, 0.5) is 23.2 Å². The quantitative estimate of drug-likeness (QED) is 0.481. The predicted molar refractivity (Wildman–Crippen MR) is 117 cm³/mol. The molecule has 7 nitrogen and oxygen atoms in total. The zero-order chi connectivity index (χ0) is 24.3. The summed E-state index contributed by atoms with van der Waals surface area (Å²) >= 11 is 6.18. The Kier molecular flexibility index (Phi) is 6.76. The number of rotatable bonds is 6. The molecule has 0 unspecified atom stereocenters. The third kappa shape index (κ3) is 5.48. The Morgan fingerprint density at radius 2 is 1.94 bits per heavy atom. The van der Waals surface area contributed by atoms with E-state index in [1.807, 2.05) is 0 Å². The maximum atomic E-state index is 14.7. The van der Waals surface area contributed by atoms with Gasteiger partial charge in [0.15, 0.2) is 5.67 Å². The first-order valence-corrected chi connectivity index (χ1v) is 10.6. The van der Waals surface area contributed by atoms with Crippen LogP contribution in [0.15, 0.2) is 53.6 Å². The van der Waals surface area contributed by atoms with Crippen molar-refractivity contribution in [2.24, 2.45) is 0 Å². The first kappa shape index (κ1) is 24.0. The number of alkyl halides is 4. The minimum atomic E-state index is -4.44. The van der Waals surface area contributed by atoms with Crippen LogP contribution < -0.4 is 15.6 Å². The summed E-state index contributed by atoms with van der Waals surface area (Å²) in [7, 11) is 0. The van der Waals surface area contributed by atoms with Crippen molar-refractivity contribution >= 4 is 17.3 Å². The summed E-state index contributed by atoms with van der Waals surface area (Å²) in [5.74, 6) is 0.264. The number of pyridine rings is 1. The largest absolute Gasteiger partial charge is 0.439 e. The summed E-state index contributed by atoms with van der Waals surface area (Å²) in [6.07, 6.45) is -0.884. The molecule has 1 aliphatic heterocycles. The van der Waals surface area contributed by atoms with Crippen molar-refractivity contribution in [1.82, 2.24) is 14.8 Å². The number of halogens is 5. The van der Waals surface area contributed by atoms with E-state index in [0.29, 0.717) is 19.4 Å². The summed E-state index contributed by atoms with van der Waals surface area (Å²) < 4.78 is 64.3. The van der Waals surface area contributed by atoms with Crippen molar-refractivity contribution in [2.75, 3.05) is 25.1 Å². The molecule has 0 saturated carbocycles. The molecule has 1 atom stereocenters. The lowest BCUT2D eigenvalue weighted by molar-refractivity contribution is -0.137. The lowest BCUT2D eigenvalue weighted by Gasteiger charge is -2.29. The van der Waals surface area contributed by atoms with E-state index in [1.165, 1.54) is 36.7 Å². The Hall–Kier alpha value is -3.18. The molecule has 34 heavy (non-hydrogen) atoms. The smallest absolute Gasteiger partial charge is 0.416 e. The molecule has 180 valence electrons. The van der Waals surface area contributed by atoms with Gasteiger partial charge in [0.2, 0.25) is 5.88 Å². The van der Waals surface area contributed by atoms with Crippen molar-refractivity contribution in [3.8, 4) is 17.3 Å². The topological polar surface area (TPSA) is 78.3 Å². The fourth-order valence-corrected chi connectivity index (χ4v) is 3.54. The Morgan fingerprint density at radius 1 is 1.18 bits per heavy atom. The van der Waals surface area contributed by atoms with Crippen molar-refractivity contribution in [2.45, 2.75) is 24.7 Å². The molecule has 3 heterocycles. The Bertz CT molecular complexity index is 1190. The minimum Gasteiger partial charge on any atom is -0.439 e. The number of nitrogens with zero attached hydrogens (tertiary/aromatic N) is 3. The molecule has 1 N–H and O–H groups in total.